The van der Waals surface area contributed by atoms with Crippen molar-refractivity contribution in [2.45, 2.75) is 29.2 Å². The van der Waals surface area contributed by atoms with Crippen LogP contribution < -0.4 is 0 Å². The van der Waals surface area contributed by atoms with Crippen molar-refractivity contribution in [3.05, 3.63) is 52.2 Å². The molecule has 0 fully saturated rings. The summed E-state index contributed by atoms with van der Waals surface area (Å²) in [5.41, 5.74) is 2.71. The molecule has 2 aromatic rings. The number of fused-ring (bicyclic) bond motifs is 1. The summed E-state index contributed by atoms with van der Waals surface area (Å²) in [6, 6.07) is 9.70. The van der Waals surface area contributed by atoms with Gasteiger partial charge < -0.3 is 5.11 Å². The lowest BCUT2D eigenvalue weighted by atomic mass is 10.1. The number of hydrogen-bond donors (Lipinski definition) is 1. The summed E-state index contributed by atoms with van der Waals surface area (Å²) in [7, 11) is 0. The highest BCUT2D eigenvalue weighted by molar-refractivity contribution is 7.99. The predicted octanol–water partition coefficient (Wildman–Crippen LogP) is 4.07. The molecule has 1 aliphatic rings. The molecule has 0 saturated heterocycles. The van der Waals surface area contributed by atoms with Crippen molar-refractivity contribution in [3.8, 4) is 0 Å². The van der Waals surface area contributed by atoms with E-state index in [1.165, 1.54) is 29.3 Å². The second-order valence-electron chi connectivity index (χ2n) is 4.67. The Morgan fingerprint density at radius 2 is 2.00 bits per heavy atom. The van der Waals surface area contributed by atoms with Crippen LogP contribution in [0.4, 0.5) is 0 Å². The van der Waals surface area contributed by atoms with Crippen LogP contribution in [-0.2, 0) is 12.8 Å². The number of pyridine rings is 1. The number of carboxylic acids is 1. The van der Waals surface area contributed by atoms with Gasteiger partial charge in [0.15, 0.2) is 5.69 Å². The van der Waals surface area contributed by atoms with E-state index in [1.54, 1.807) is 12.1 Å². The van der Waals surface area contributed by atoms with Gasteiger partial charge in [0.25, 0.3) is 0 Å². The summed E-state index contributed by atoms with van der Waals surface area (Å²) in [4.78, 5) is 16.2. The molecule has 3 nitrogen and oxygen atoms in total. The van der Waals surface area contributed by atoms with E-state index in [0.29, 0.717) is 5.03 Å². The Bertz CT molecular complexity index is 688. The maximum absolute atomic E-state index is 11.0. The summed E-state index contributed by atoms with van der Waals surface area (Å²) in [5, 5.41) is 9.83. The van der Waals surface area contributed by atoms with Gasteiger partial charge in [-0.15, -0.1) is 0 Å². The first-order chi connectivity index (χ1) is 9.63. The second kappa shape index (κ2) is 5.46. The van der Waals surface area contributed by atoms with E-state index in [0.717, 1.165) is 17.7 Å². The number of rotatable bonds is 3. The van der Waals surface area contributed by atoms with Crippen molar-refractivity contribution in [2.75, 3.05) is 0 Å². The average Bonchev–Trinajstić information content (AvgIpc) is 2.88. The number of aromatic nitrogens is 1. The summed E-state index contributed by atoms with van der Waals surface area (Å²) in [6.45, 7) is 0. The maximum Gasteiger partial charge on any atom is 0.356 e. The van der Waals surface area contributed by atoms with Crippen LogP contribution in [0.25, 0.3) is 0 Å². The number of halogens is 1. The Hall–Kier alpha value is -1.52. The van der Waals surface area contributed by atoms with Gasteiger partial charge in [0.05, 0.1) is 5.02 Å². The molecule has 0 saturated carbocycles. The lowest BCUT2D eigenvalue weighted by molar-refractivity contribution is 0.0690. The summed E-state index contributed by atoms with van der Waals surface area (Å²) >= 11 is 7.28. The first kappa shape index (κ1) is 13.5. The molecule has 0 bridgehead atoms. The Balaban J connectivity index is 1.88. The zero-order valence-electron chi connectivity index (χ0n) is 10.6. The lowest BCUT2D eigenvalue weighted by Gasteiger charge is -2.06. The molecule has 0 unspecified atom stereocenters. The highest BCUT2D eigenvalue weighted by Gasteiger charge is 2.14. The van der Waals surface area contributed by atoms with Gasteiger partial charge in [-0.1, -0.05) is 29.4 Å². The van der Waals surface area contributed by atoms with Gasteiger partial charge in [0.1, 0.15) is 5.03 Å². The van der Waals surface area contributed by atoms with E-state index in [-0.39, 0.29) is 10.7 Å². The molecule has 1 aliphatic carbocycles. The van der Waals surface area contributed by atoms with Crippen LogP contribution in [0, 0.1) is 0 Å². The van der Waals surface area contributed by atoms with Crippen molar-refractivity contribution in [2.24, 2.45) is 0 Å². The Kier molecular flexibility index (Phi) is 3.68. The van der Waals surface area contributed by atoms with Gasteiger partial charge in [-0.3, -0.25) is 0 Å². The molecule has 1 aromatic heterocycles. The normalized spacial score (nSPS) is 13.2. The fraction of sp³-hybridized carbons (Fsp3) is 0.200. The number of carboxylic acid groups (broad SMARTS) is 1. The number of hydrogen-bond acceptors (Lipinski definition) is 3. The molecule has 0 amide bonds. The minimum atomic E-state index is -1.11. The maximum atomic E-state index is 11.0. The van der Waals surface area contributed by atoms with Gasteiger partial charge in [0.2, 0.25) is 0 Å². The molecular formula is C15H12ClNO2S. The van der Waals surface area contributed by atoms with Gasteiger partial charge >= 0.3 is 5.97 Å². The largest absolute Gasteiger partial charge is 0.476 e. The smallest absolute Gasteiger partial charge is 0.356 e. The molecule has 1 aromatic carbocycles. The quantitative estimate of drug-likeness (QED) is 0.928. The van der Waals surface area contributed by atoms with Crippen molar-refractivity contribution >= 4 is 29.3 Å². The summed E-state index contributed by atoms with van der Waals surface area (Å²) < 4.78 is 0. The van der Waals surface area contributed by atoms with Gasteiger partial charge in [-0.05, 0) is 54.7 Å². The monoisotopic (exact) mass is 305 g/mol. The molecule has 1 heterocycles. The number of carbonyl (C=O) groups is 1. The second-order valence-corrected chi connectivity index (χ2v) is 6.17. The average molecular weight is 306 g/mol. The van der Waals surface area contributed by atoms with Gasteiger partial charge in [0, 0.05) is 4.90 Å². The van der Waals surface area contributed by atoms with E-state index in [4.69, 9.17) is 16.7 Å². The fourth-order valence-corrected chi connectivity index (χ4v) is 3.40. The van der Waals surface area contributed by atoms with Crippen LogP contribution >= 0.6 is 23.4 Å². The van der Waals surface area contributed by atoms with E-state index in [2.05, 4.69) is 23.2 Å². The van der Waals surface area contributed by atoms with E-state index < -0.39 is 5.97 Å². The highest BCUT2D eigenvalue weighted by Crippen LogP contribution is 2.32. The molecule has 20 heavy (non-hydrogen) atoms. The first-order valence-electron chi connectivity index (χ1n) is 6.33. The minimum absolute atomic E-state index is 0.0992. The first-order valence-corrected chi connectivity index (χ1v) is 7.52. The molecule has 3 rings (SSSR count). The number of nitrogens with zero attached hydrogens (tertiary/aromatic N) is 1. The van der Waals surface area contributed by atoms with Crippen molar-refractivity contribution in [1.82, 2.24) is 4.98 Å². The van der Waals surface area contributed by atoms with Crippen LogP contribution in [0.5, 0.6) is 0 Å². The molecule has 0 aliphatic heterocycles. The summed E-state index contributed by atoms with van der Waals surface area (Å²) in [6.07, 6.45) is 3.49. The third-order valence-electron chi connectivity index (χ3n) is 3.32. The number of aromatic carboxylic acids is 1. The summed E-state index contributed by atoms with van der Waals surface area (Å²) in [5.74, 6) is -1.11. The third kappa shape index (κ3) is 2.67. The molecule has 102 valence electrons. The fourth-order valence-electron chi connectivity index (χ4n) is 2.36. The molecule has 0 atom stereocenters. The van der Waals surface area contributed by atoms with Crippen LogP contribution in [0.2, 0.25) is 5.02 Å². The Morgan fingerprint density at radius 3 is 2.80 bits per heavy atom. The van der Waals surface area contributed by atoms with E-state index >= 15 is 0 Å². The minimum Gasteiger partial charge on any atom is -0.476 e. The van der Waals surface area contributed by atoms with E-state index in [1.807, 2.05) is 0 Å². The lowest BCUT2D eigenvalue weighted by Crippen LogP contribution is -2.01. The van der Waals surface area contributed by atoms with Crippen LogP contribution in [0.1, 0.15) is 28.0 Å². The molecular weight excluding hydrogens is 294 g/mol. The molecule has 0 spiro atoms. The Morgan fingerprint density at radius 1 is 1.20 bits per heavy atom. The zero-order valence-corrected chi connectivity index (χ0v) is 12.2. The Labute approximate surface area is 126 Å². The number of benzene rings is 1. The van der Waals surface area contributed by atoms with Gasteiger partial charge in [-0.2, -0.15) is 0 Å². The third-order valence-corrected chi connectivity index (χ3v) is 4.55. The van der Waals surface area contributed by atoms with E-state index in [9.17, 15) is 4.79 Å². The van der Waals surface area contributed by atoms with Crippen LogP contribution in [-0.4, -0.2) is 16.1 Å². The van der Waals surface area contributed by atoms with Gasteiger partial charge in [-0.25, -0.2) is 9.78 Å². The number of aryl methyl sites for hydroxylation is 2. The van der Waals surface area contributed by atoms with Crippen molar-refractivity contribution in [1.29, 1.82) is 0 Å². The molecule has 1 N–H and O–H groups in total. The zero-order chi connectivity index (χ0) is 14.1. The standard InChI is InChI=1S/C15H12ClNO2S/c16-12-6-7-13(17-14(12)15(18)19)20-11-5-4-9-2-1-3-10(9)8-11/h4-8H,1-3H2,(H,18,19). The predicted molar refractivity (Wildman–Crippen MR) is 78.8 cm³/mol. The van der Waals surface area contributed by atoms with Crippen LogP contribution in [0.3, 0.4) is 0 Å². The topological polar surface area (TPSA) is 50.2 Å². The SMILES string of the molecule is O=C(O)c1nc(Sc2ccc3c(c2)CCC3)ccc1Cl. The highest BCUT2D eigenvalue weighted by atomic mass is 35.5. The molecule has 0 radical (unpaired) electrons. The van der Waals surface area contributed by atoms with Crippen molar-refractivity contribution in [3.63, 3.8) is 0 Å². The van der Waals surface area contributed by atoms with Crippen LogP contribution in [0.15, 0.2) is 40.3 Å². The van der Waals surface area contributed by atoms with Crippen molar-refractivity contribution < 1.29 is 9.90 Å². The molecule has 5 heteroatoms.